The molecule has 0 radical (unpaired) electrons. The molecule has 36 heavy (non-hydrogen) atoms. The molecule has 5 rings (SSSR count). The van der Waals surface area contributed by atoms with Gasteiger partial charge in [0, 0.05) is 24.1 Å². The molecule has 2 aromatic heterocycles. The van der Waals surface area contributed by atoms with Gasteiger partial charge in [0.1, 0.15) is 17.9 Å². The van der Waals surface area contributed by atoms with Crippen molar-refractivity contribution >= 4 is 32.8 Å². The average Bonchev–Trinajstić information content (AvgIpc) is 3.31. The van der Waals surface area contributed by atoms with E-state index in [-0.39, 0.29) is 18.3 Å². The summed E-state index contributed by atoms with van der Waals surface area (Å²) in [5.74, 6) is 1.72. The Hall–Kier alpha value is -3.72. The first-order chi connectivity index (χ1) is 17.4. The summed E-state index contributed by atoms with van der Waals surface area (Å²) in [6.45, 7) is 2.49. The fourth-order valence-electron chi connectivity index (χ4n) is 4.59. The molecular weight excluding hydrogens is 530 g/mol. The quantitative estimate of drug-likeness (QED) is 0.299. The van der Waals surface area contributed by atoms with Crippen LogP contribution in [0.5, 0.6) is 17.2 Å². The normalized spacial score (nSPS) is 15.0. The summed E-state index contributed by atoms with van der Waals surface area (Å²) in [5.41, 5.74) is 2.81. The van der Waals surface area contributed by atoms with Gasteiger partial charge in [-0.3, -0.25) is 4.79 Å². The van der Waals surface area contributed by atoms with Gasteiger partial charge in [0.25, 0.3) is 5.91 Å². The Kier molecular flexibility index (Phi) is 6.49. The van der Waals surface area contributed by atoms with Gasteiger partial charge in [-0.05, 0) is 82.4 Å². The molecule has 0 fully saturated rings. The van der Waals surface area contributed by atoms with Crippen molar-refractivity contribution in [3.8, 4) is 17.2 Å². The highest BCUT2D eigenvalue weighted by Gasteiger charge is 2.34. The topological polar surface area (TPSA) is 91.4 Å². The molecule has 1 atom stereocenters. The molecule has 8 nitrogen and oxygen atoms in total. The molecule has 0 aliphatic carbocycles. The SMILES string of the molecule is COc1cc2c(cc1OC)[C@@H](COc1ccc3c(C)cc(=O)oc3c1)N(C(=O)c1ccc(Br)o1)CC2. The van der Waals surface area contributed by atoms with Crippen molar-refractivity contribution in [2.24, 2.45) is 0 Å². The van der Waals surface area contributed by atoms with E-state index in [2.05, 4.69) is 15.9 Å². The number of carbonyl (C=O) groups excluding carboxylic acids is 1. The number of ether oxygens (including phenoxy) is 3. The van der Waals surface area contributed by atoms with E-state index in [1.54, 1.807) is 37.3 Å². The number of aryl methyl sites for hydroxylation is 1. The lowest BCUT2D eigenvalue weighted by molar-refractivity contribution is 0.0556. The van der Waals surface area contributed by atoms with E-state index in [4.69, 9.17) is 23.0 Å². The van der Waals surface area contributed by atoms with Crippen LogP contribution in [0.2, 0.25) is 0 Å². The Morgan fingerprint density at radius 2 is 1.83 bits per heavy atom. The standard InChI is InChI=1S/C27H24BrNO7/c1-15-10-26(30)36-22-12-17(4-5-18(15)22)34-14-20-19-13-24(33-3)23(32-2)11-16(19)8-9-29(20)27(31)21-6-7-25(28)35-21/h4-7,10-13,20H,8-9,14H2,1-3H3/t20-/m1/s1. The van der Waals surface area contributed by atoms with Crippen LogP contribution in [0.1, 0.15) is 33.3 Å². The van der Waals surface area contributed by atoms with Crippen molar-refractivity contribution in [2.45, 2.75) is 19.4 Å². The van der Waals surface area contributed by atoms with Crippen LogP contribution in [0.4, 0.5) is 0 Å². The molecule has 186 valence electrons. The predicted molar refractivity (Wildman–Crippen MR) is 136 cm³/mol. The summed E-state index contributed by atoms with van der Waals surface area (Å²) in [5, 5.41) is 0.835. The van der Waals surface area contributed by atoms with Gasteiger partial charge in [-0.15, -0.1) is 0 Å². The van der Waals surface area contributed by atoms with E-state index in [1.807, 2.05) is 31.2 Å². The van der Waals surface area contributed by atoms with Gasteiger partial charge in [-0.2, -0.15) is 0 Å². The van der Waals surface area contributed by atoms with Gasteiger partial charge < -0.3 is 27.9 Å². The second-order valence-electron chi connectivity index (χ2n) is 8.49. The number of halogens is 1. The number of benzene rings is 2. The number of rotatable bonds is 6. The smallest absolute Gasteiger partial charge is 0.336 e. The number of amides is 1. The lowest BCUT2D eigenvalue weighted by Gasteiger charge is -2.37. The molecule has 1 aliphatic heterocycles. The number of fused-ring (bicyclic) bond motifs is 2. The number of furan rings is 1. The molecule has 3 heterocycles. The van der Waals surface area contributed by atoms with Gasteiger partial charge in [0.05, 0.1) is 20.3 Å². The lowest BCUT2D eigenvalue weighted by atomic mass is 9.92. The third-order valence-corrected chi connectivity index (χ3v) is 6.80. The highest BCUT2D eigenvalue weighted by molar-refractivity contribution is 9.10. The van der Waals surface area contributed by atoms with E-state index in [0.29, 0.717) is 40.5 Å². The van der Waals surface area contributed by atoms with Crippen molar-refractivity contribution < 1.29 is 27.8 Å². The fourth-order valence-corrected chi connectivity index (χ4v) is 4.90. The molecule has 1 amide bonds. The maximum absolute atomic E-state index is 13.4. The van der Waals surface area contributed by atoms with Gasteiger partial charge >= 0.3 is 5.63 Å². The van der Waals surface area contributed by atoms with Crippen molar-refractivity contribution in [1.82, 2.24) is 4.90 Å². The summed E-state index contributed by atoms with van der Waals surface area (Å²) in [4.78, 5) is 27.0. The third kappa shape index (κ3) is 4.46. The Labute approximate surface area is 215 Å². The van der Waals surface area contributed by atoms with E-state index < -0.39 is 11.7 Å². The maximum Gasteiger partial charge on any atom is 0.336 e. The molecule has 0 bridgehead atoms. The van der Waals surface area contributed by atoms with Crippen LogP contribution in [0.25, 0.3) is 11.0 Å². The van der Waals surface area contributed by atoms with Crippen LogP contribution in [0.3, 0.4) is 0 Å². The lowest BCUT2D eigenvalue weighted by Crippen LogP contribution is -2.42. The minimum atomic E-state index is -0.426. The van der Waals surface area contributed by atoms with Crippen LogP contribution >= 0.6 is 15.9 Å². The van der Waals surface area contributed by atoms with E-state index in [1.165, 1.54) is 6.07 Å². The minimum absolute atomic E-state index is 0.164. The summed E-state index contributed by atoms with van der Waals surface area (Å²) in [7, 11) is 3.17. The Balaban J connectivity index is 1.51. The number of hydrogen-bond donors (Lipinski definition) is 0. The molecule has 9 heteroatoms. The molecule has 0 unspecified atom stereocenters. The Morgan fingerprint density at radius 3 is 2.56 bits per heavy atom. The first-order valence-electron chi connectivity index (χ1n) is 11.4. The molecule has 0 saturated heterocycles. The van der Waals surface area contributed by atoms with Crippen LogP contribution in [0.15, 0.2) is 66.8 Å². The zero-order valence-corrected chi connectivity index (χ0v) is 21.6. The van der Waals surface area contributed by atoms with Crippen LogP contribution < -0.4 is 19.8 Å². The zero-order chi connectivity index (χ0) is 25.4. The van der Waals surface area contributed by atoms with Gasteiger partial charge in [-0.25, -0.2) is 4.79 Å². The van der Waals surface area contributed by atoms with Gasteiger partial charge in [0.15, 0.2) is 21.9 Å². The summed E-state index contributed by atoms with van der Waals surface area (Å²) < 4.78 is 28.6. The largest absolute Gasteiger partial charge is 0.493 e. The second-order valence-corrected chi connectivity index (χ2v) is 9.27. The highest BCUT2D eigenvalue weighted by atomic mass is 79.9. The van der Waals surface area contributed by atoms with Crippen LogP contribution in [0, 0.1) is 6.92 Å². The van der Waals surface area contributed by atoms with Crippen molar-refractivity contribution in [3.05, 3.63) is 86.1 Å². The highest BCUT2D eigenvalue weighted by Crippen LogP contribution is 2.39. The fraction of sp³-hybridized carbons (Fsp3) is 0.259. The predicted octanol–water partition coefficient (Wildman–Crippen LogP) is 5.29. The molecule has 2 aromatic carbocycles. The monoisotopic (exact) mass is 553 g/mol. The van der Waals surface area contributed by atoms with Gasteiger partial charge in [-0.1, -0.05) is 0 Å². The molecular formula is C27H24BrNO7. The van der Waals surface area contributed by atoms with E-state index in [0.717, 1.165) is 22.1 Å². The molecule has 0 spiro atoms. The van der Waals surface area contributed by atoms with Crippen LogP contribution in [-0.2, 0) is 6.42 Å². The third-order valence-electron chi connectivity index (χ3n) is 6.38. The van der Waals surface area contributed by atoms with E-state index in [9.17, 15) is 9.59 Å². The molecule has 1 aliphatic rings. The first-order valence-corrected chi connectivity index (χ1v) is 12.2. The zero-order valence-electron chi connectivity index (χ0n) is 20.0. The molecule has 0 N–H and O–H groups in total. The van der Waals surface area contributed by atoms with Crippen molar-refractivity contribution in [2.75, 3.05) is 27.4 Å². The Morgan fingerprint density at radius 1 is 1.06 bits per heavy atom. The van der Waals surface area contributed by atoms with Crippen LogP contribution in [-0.4, -0.2) is 38.2 Å². The average molecular weight is 554 g/mol. The van der Waals surface area contributed by atoms with Crippen molar-refractivity contribution in [3.63, 3.8) is 0 Å². The van der Waals surface area contributed by atoms with E-state index >= 15 is 0 Å². The summed E-state index contributed by atoms with van der Waals surface area (Å²) >= 11 is 3.27. The summed E-state index contributed by atoms with van der Waals surface area (Å²) in [6.07, 6.45) is 0.639. The first kappa shape index (κ1) is 24.0. The number of carbonyl (C=O) groups is 1. The Bertz CT molecular complexity index is 1510. The minimum Gasteiger partial charge on any atom is -0.493 e. The van der Waals surface area contributed by atoms with Crippen molar-refractivity contribution in [1.29, 1.82) is 0 Å². The molecule has 4 aromatic rings. The summed E-state index contributed by atoms with van der Waals surface area (Å²) in [6, 6.07) is 13.6. The van der Waals surface area contributed by atoms with Gasteiger partial charge in [0.2, 0.25) is 0 Å². The second kappa shape index (κ2) is 9.73. The number of hydrogen-bond acceptors (Lipinski definition) is 7. The number of nitrogens with zero attached hydrogens (tertiary/aromatic N) is 1. The number of methoxy groups -OCH3 is 2. The maximum atomic E-state index is 13.4. The molecule has 0 saturated carbocycles.